The van der Waals surface area contributed by atoms with Crippen molar-refractivity contribution in [3.05, 3.63) is 88.4 Å². The number of nitrogens with one attached hydrogen (secondary N) is 2. The molecule has 0 aliphatic heterocycles. The third kappa shape index (κ3) is 5.79. The van der Waals surface area contributed by atoms with Crippen molar-refractivity contribution in [2.45, 2.75) is 4.34 Å². The van der Waals surface area contributed by atoms with Crippen molar-refractivity contribution in [2.75, 3.05) is 10.0 Å². The summed E-state index contributed by atoms with van der Waals surface area (Å²) in [4.78, 5) is 12.4. The minimum atomic E-state index is -4.02. The number of hydrogen-bond acceptors (Lipinski definition) is 7. The lowest BCUT2D eigenvalue weighted by Crippen LogP contribution is -2.12. The molecule has 168 valence electrons. The zero-order chi connectivity index (χ0) is 23.4. The van der Waals surface area contributed by atoms with Gasteiger partial charge in [-0.25, -0.2) is 0 Å². The Hall–Kier alpha value is -3.18. The first-order chi connectivity index (χ1) is 15.8. The first-order valence-corrected chi connectivity index (χ1v) is 12.3. The largest absolute Gasteiger partial charge is 0.457 e. The molecule has 2 N–H and O–H groups in total. The van der Waals surface area contributed by atoms with E-state index >= 15 is 0 Å². The summed E-state index contributed by atoms with van der Waals surface area (Å²) < 4.78 is 33.1. The van der Waals surface area contributed by atoms with E-state index in [0.29, 0.717) is 33.5 Å². The number of halogens is 2. The molecule has 0 fully saturated rings. The third-order valence-corrected chi connectivity index (χ3v) is 7.25. The van der Waals surface area contributed by atoms with Crippen LogP contribution in [0.25, 0.3) is 0 Å². The van der Waals surface area contributed by atoms with Gasteiger partial charge in [0.15, 0.2) is 0 Å². The van der Waals surface area contributed by atoms with Crippen molar-refractivity contribution in [2.24, 2.45) is 0 Å². The minimum Gasteiger partial charge on any atom is -0.457 e. The molecule has 12 heteroatoms. The van der Waals surface area contributed by atoms with Gasteiger partial charge >= 0.3 is 0 Å². The SMILES string of the molecule is O=C(Nc1nnc(S(=O)(=O)Nc2ccc(Oc3ccccc3)cc2)s1)c1ccc(Cl)cc1Cl. The van der Waals surface area contributed by atoms with Crippen LogP contribution in [0.2, 0.25) is 10.0 Å². The Morgan fingerprint density at radius 2 is 1.61 bits per heavy atom. The summed E-state index contributed by atoms with van der Waals surface area (Å²) in [5, 5.41) is 10.4. The van der Waals surface area contributed by atoms with E-state index < -0.39 is 15.9 Å². The second-order valence-electron chi connectivity index (χ2n) is 6.50. The number of carbonyl (C=O) groups excluding carboxylic acids is 1. The molecule has 0 aliphatic carbocycles. The lowest BCUT2D eigenvalue weighted by molar-refractivity contribution is 0.102. The summed E-state index contributed by atoms with van der Waals surface area (Å²) in [7, 11) is -4.02. The molecule has 1 aromatic heterocycles. The molecule has 1 amide bonds. The summed E-state index contributed by atoms with van der Waals surface area (Å²) in [5.41, 5.74) is 0.473. The van der Waals surface area contributed by atoms with E-state index in [9.17, 15) is 13.2 Å². The van der Waals surface area contributed by atoms with Crippen molar-refractivity contribution < 1.29 is 17.9 Å². The van der Waals surface area contributed by atoms with Crippen LogP contribution in [0, 0.1) is 0 Å². The van der Waals surface area contributed by atoms with Gasteiger partial charge in [-0.15, -0.1) is 10.2 Å². The van der Waals surface area contributed by atoms with Crippen molar-refractivity contribution >= 4 is 61.3 Å². The second-order valence-corrected chi connectivity index (χ2v) is 10.2. The van der Waals surface area contributed by atoms with E-state index in [1.54, 1.807) is 24.3 Å². The van der Waals surface area contributed by atoms with Crippen LogP contribution in [-0.4, -0.2) is 24.5 Å². The van der Waals surface area contributed by atoms with Gasteiger partial charge in [0, 0.05) is 10.7 Å². The average Bonchev–Trinajstić information content (AvgIpc) is 3.25. The van der Waals surface area contributed by atoms with Crippen LogP contribution in [-0.2, 0) is 10.0 Å². The first kappa shape index (κ1) is 23.0. The van der Waals surface area contributed by atoms with Gasteiger partial charge in [0.2, 0.25) is 5.13 Å². The highest BCUT2D eigenvalue weighted by atomic mass is 35.5. The molecule has 4 aromatic rings. The number of ether oxygens (including phenoxy) is 1. The quantitative estimate of drug-likeness (QED) is 0.303. The van der Waals surface area contributed by atoms with Gasteiger partial charge in [-0.2, -0.15) is 8.42 Å². The van der Waals surface area contributed by atoms with E-state index in [0.717, 1.165) is 0 Å². The Morgan fingerprint density at radius 3 is 2.30 bits per heavy atom. The normalized spacial score (nSPS) is 11.1. The maximum atomic E-state index is 12.7. The molecule has 0 saturated carbocycles. The van der Waals surface area contributed by atoms with Crippen LogP contribution in [0.15, 0.2) is 77.1 Å². The topological polar surface area (TPSA) is 110 Å². The fourth-order valence-corrected chi connectivity index (χ4v) is 5.07. The van der Waals surface area contributed by atoms with Gasteiger partial charge in [0.05, 0.1) is 10.6 Å². The molecular formula is C21H14Cl2N4O4S2. The number of aromatic nitrogens is 2. The highest BCUT2D eigenvalue weighted by molar-refractivity contribution is 7.94. The molecule has 1 heterocycles. The van der Waals surface area contributed by atoms with Crippen molar-refractivity contribution in [1.82, 2.24) is 10.2 Å². The fraction of sp³-hybridized carbons (Fsp3) is 0. The lowest BCUT2D eigenvalue weighted by atomic mass is 10.2. The Balaban J connectivity index is 1.42. The Kier molecular flexibility index (Phi) is 6.80. The van der Waals surface area contributed by atoms with Crippen LogP contribution in [0.3, 0.4) is 0 Å². The number of carbonyl (C=O) groups is 1. The average molecular weight is 521 g/mol. The summed E-state index contributed by atoms with van der Waals surface area (Å²) >= 11 is 12.5. The Bertz CT molecular complexity index is 1400. The lowest BCUT2D eigenvalue weighted by Gasteiger charge is -2.08. The second kappa shape index (κ2) is 9.75. The smallest absolute Gasteiger partial charge is 0.291 e. The predicted octanol–water partition coefficient (Wildman–Crippen LogP) is 5.69. The molecule has 3 aromatic carbocycles. The Morgan fingerprint density at radius 1 is 0.909 bits per heavy atom. The van der Waals surface area contributed by atoms with E-state index in [-0.39, 0.29) is 20.1 Å². The van der Waals surface area contributed by atoms with E-state index in [2.05, 4.69) is 20.2 Å². The maximum Gasteiger partial charge on any atom is 0.291 e. The predicted molar refractivity (Wildman–Crippen MR) is 128 cm³/mol. The molecule has 4 rings (SSSR count). The van der Waals surface area contributed by atoms with Gasteiger partial charge in [0.25, 0.3) is 20.3 Å². The standard InChI is InChI=1S/C21H14Cl2N4O4S2/c22-13-6-11-17(18(23)12-13)19(28)24-20-25-26-21(32-20)33(29,30)27-14-7-9-16(10-8-14)31-15-4-2-1-3-5-15/h1-12,27H,(H,24,25,28). The van der Waals surface area contributed by atoms with Crippen LogP contribution in [0.4, 0.5) is 10.8 Å². The maximum absolute atomic E-state index is 12.7. The van der Waals surface area contributed by atoms with Crippen molar-refractivity contribution in [1.29, 1.82) is 0 Å². The number of benzene rings is 3. The molecule has 33 heavy (non-hydrogen) atoms. The molecule has 0 atom stereocenters. The molecule has 0 radical (unpaired) electrons. The molecule has 8 nitrogen and oxygen atoms in total. The van der Waals surface area contributed by atoms with Gasteiger partial charge in [-0.3, -0.25) is 14.8 Å². The van der Waals surface area contributed by atoms with Gasteiger partial charge in [0.1, 0.15) is 11.5 Å². The van der Waals surface area contributed by atoms with Gasteiger partial charge in [-0.1, -0.05) is 52.7 Å². The highest BCUT2D eigenvalue weighted by Gasteiger charge is 2.22. The van der Waals surface area contributed by atoms with Crippen molar-refractivity contribution in [3.63, 3.8) is 0 Å². The number of anilines is 2. The summed E-state index contributed by atoms with van der Waals surface area (Å²) in [6, 6.07) is 20.0. The first-order valence-electron chi connectivity index (χ1n) is 9.26. The number of nitrogens with zero attached hydrogens (tertiary/aromatic N) is 2. The Labute approximate surface area is 203 Å². The molecule has 0 aliphatic rings. The van der Waals surface area contributed by atoms with E-state index in [1.807, 2.05) is 30.3 Å². The number of sulfonamides is 1. The number of rotatable bonds is 7. The highest BCUT2D eigenvalue weighted by Crippen LogP contribution is 2.27. The monoisotopic (exact) mass is 520 g/mol. The molecular weight excluding hydrogens is 507 g/mol. The van der Waals surface area contributed by atoms with Crippen molar-refractivity contribution in [3.8, 4) is 11.5 Å². The van der Waals surface area contributed by atoms with Crippen LogP contribution in [0.1, 0.15) is 10.4 Å². The third-order valence-electron chi connectivity index (χ3n) is 4.12. The van der Waals surface area contributed by atoms with Crippen LogP contribution < -0.4 is 14.8 Å². The number of amides is 1. The van der Waals surface area contributed by atoms with Gasteiger partial charge < -0.3 is 4.74 Å². The zero-order valence-electron chi connectivity index (χ0n) is 16.5. The fourth-order valence-electron chi connectivity index (χ4n) is 2.62. The summed E-state index contributed by atoms with van der Waals surface area (Å²) in [6.45, 7) is 0. The molecule has 0 spiro atoms. The summed E-state index contributed by atoms with van der Waals surface area (Å²) in [5.74, 6) is 0.638. The van der Waals surface area contributed by atoms with Gasteiger partial charge in [-0.05, 0) is 54.6 Å². The number of hydrogen-bond donors (Lipinski definition) is 2. The molecule has 0 bridgehead atoms. The zero-order valence-corrected chi connectivity index (χ0v) is 19.7. The van der Waals surface area contributed by atoms with Crippen LogP contribution in [0.5, 0.6) is 11.5 Å². The van der Waals surface area contributed by atoms with Crippen LogP contribution >= 0.6 is 34.5 Å². The molecule has 0 saturated heterocycles. The summed E-state index contributed by atoms with van der Waals surface area (Å²) in [6.07, 6.45) is 0. The molecule has 0 unspecified atom stereocenters. The number of para-hydroxylation sites is 1. The minimum absolute atomic E-state index is 0.00185. The van der Waals surface area contributed by atoms with E-state index in [4.69, 9.17) is 27.9 Å². The van der Waals surface area contributed by atoms with E-state index in [1.165, 1.54) is 18.2 Å².